The first-order valence-electron chi connectivity index (χ1n) is 6.67. The summed E-state index contributed by atoms with van der Waals surface area (Å²) < 4.78 is 5.83. The lowest BCUT2D eigenvalue weighted by molar-refractivity contribution is -0.0368. The Morgan fingerprint density at radius 3 is 2.67 bits per heavy atom. The molecule has 1 aromatic rings. The molecule has 2 atom stereocenters. The van der Waals surface area contributed by atoms with Crippen molar-refractivity contribution >= 4 is 17.3 Å². The van der Waals surface area contributed by atoms with Gasteiger partial charge in [-0.15, -0.1) is 0 Å². The maximum atomic E-state index is 6.11. The Balaban J connectivity index is 1.46. The second-order valence-electron chi connectivity index (χ2n) is 5.12. The lowest BCUT2D eigenvalue weighted by Gasteiger charge is -2.32. The molecule has 2 bridgehead atoms. The van der Waals surface area contributed by atoms with Crippen LogP contribution in [0.4, 0.5) is 5.69 Å². The number of benzene rings is 1. The SMILES string of the molecule is Clc1ccccc1NCCN1CC2CCC(C1)O2. The molecule has 0 radical (unpaired) electrons. The van der Waals surface area contributed by atoms with Gasteiger partial charge in [0.2, 0.25) is 0 Å². The average molecular weight is 267 g/mol. The van der Waals surface area contributed by atoms with Crippen molar-refractivity contribution in [1.82, 2.24) is 4.90 Å². The predicted molar refractivity (Wildman–Crippen MR) is 74.3 cm³/mol. The van der Waals surface area contributed by atoms with Gasteiger partial charge in [-0.2, -0.15) is 0 Å². The molecule has 18 heavy (non-hydrogen) atoms. The number of para-hydroxylation sites is 1. The maximum absolute atomic E-state index is 6.11. The first-order valence-corrected chi connectivity index (χ1v) is 7.05. The quantitative estimate of drug-likeness (QED) is 0.907. The van der Waals surface area contributed by atoms with E-state index in [1.165, 1.54) is 12.8 Å². The minimum atomic E-state index is 0.476. The molecule has 2 aliphatic rings. The number of morpholine rings is 1. The lowest BCUT2D eigenvalue weighted by Crippen LogP contribution is -2.44. The minimum absolute atomic E-state index is 0.476. The zero-order valence-corrected chi connectivity index (χ0v) is 11.2. The smallest absolute Gasteiger partial charge is 0.0707 e. The fourth-order valence-electron chi connectivity index (χ4n) is 2.84. The van der Waals surface area contributed by atoms with E-state index in [0.29, 0.717) is 12.2 Å². The lowest BCUT2D eigenvalue weighted by atomic mass is 10.2. The van der Waals surface area contributed by atoms with Crippen molar-refractivity contribution in [2.24, 2.45) is 0 Å². The van der Waals surface area contributed by atoms with Crippen LogP contribution in [0.1, 0.15) is 12.8 Å². The number of hydrogen-bond acceptors (Lipinski definition) is 3. The van der Waals surface area contributed by atoms with Crippen molar-refractivity contribution in [1.29, 1.82) is 0 Å². The highest BCUT2D eigenvalue weighted by Gasteiger charge is 2.33. The summed E-state index contributed by atoms with van der Waals surface area (Å²) in [6, 6.07) is 7.89. The number of ether oxygens (including phenoxy) is 1. The van der Waals surface area contributed by atoms with Crippen molar-refractivity contribution in [2.45, 2.75) is 25.0 Å². The molecule has 2 unspecified atom stereocenters. The van der Waals surface area contributed by atoms with Crippen LogP contribution in [0.3, 0.4) is 0 Å². The second-order valence-corrected chi connectivity index (χ2v) is 5.53. The molecule has 0 saturated carbocycles. The molecule has 0 aromatic heterocycles. The number of nitrogens with zero attached hydrogens (tertiary/aromatic N) is 1. The molecule has 2 fully saturated rings. The van der Waals surface area contributed by atoms with E-state index in [9.17, 15) is 0 Å². The summed E-state index contributed by atoms with van der Waals surface area (Å²) in [5, 5.41) is 4.19. The molecule has 1 aromatic carbocycles. The molecule has 2 heterocycles. The van der Waals surface area contributed by atoms with Crippen LogP contribution in [0.5, 0.6) is 0 Å². The van der Waals surface area contributed by atoms with Crippen LogP contribution in [-0.2, 0) is 4.74 Å². The average Bonchev–Trinajstić information content (AvgIpc) is 2.71. The molecule has 3 nitrogen and oxygen atoms in total. The fourth-order valence-corrected chi connectivity index (χ4v) is 3.04. The zero-order valence-electron chi connectivity index (χ0n) is 10.4. The number of halogens is 1. The molecule has 4 heteroatoms. The van der Waals surface area contributed by atoms with Crippen molar-refractivity contribution in [3.05, 3.63) is 29.3 Å². The highest BCUT2D eigenvalue weighted by Crippen LogP contribution is 2.26. The van der Waals surface area contributed by atoms with Crippen molar-refractivity contribution in [3.63, 3.8) is 0 Å². The summed E-state index contributed by atoms with van der Waals surface area (Å²) in [5.41, 5.74) is 1.02. The van der Waals surface area contributed by atoms with Crippen molar-refractivity contribution in [3.8, 4) is 0 Å². The van der Waals surface area contributed by atoms with Crippen LogP contribution in [0.2, 0.25) is 5.02 Å². The standard InChI is InChI=1S/C14H19ClN2O/c15-13-3-1-2-4-14(13)16-7-8-17-9-11-5-6-12(10-17)18-11/h1-4,11-12,16H,5-10H2. The van der Waals surface area contributed by atoms with E-state index in [2.05, 4.69) is 10.2 Å². The zero-order chi connectivity index (χ0) is 12.4. The Bertz CT molecular complexity index is 401. The third kappa shape index (κ3) is 2.79. The number of likely N-dealkylation sites (tertiary alicyclic amines) is 1. The van der Waals surface area contributed by atoms with Gasteiger partial charge in [0.15, 0.2) is 0 Å². The van der Waals surface area contributed by atoms with E-state index < -0.39 is 0 Å². The normalized spacial score (nSPS) is 27.4. The molecule has 0 amide bonds. The van der Waals surface area contributed by atoms with Crippen molar-refractivity contribution in [2.75, 3.05) is 31.5 Å². The largest absolute Gasteiger partial charge is 0.383 e. The van der Waals surface area contributed by atoms with E-state index in [1.54, 1.807) is 0 Å². The van der Waals surface area contributed by atoms with E-state index in [-0.39, 0.29) is 0 Å². The Morgan fingerprint density at radius 2 is 1.94 bits per heavy atom. The molecule has 3 rings (SSSR count). The van der Waals surface area contributed by atoms with E-state index >= 15 is 0 Å². The monoisotopic (exact) mass is 266 g/mol. The number of fused-ring (bicyclic) bond motifs is 2. The van der Waals surface area contributed by atoms with Gasteiger partial charge < -0.3 is 10.1 Å². The van der Waals surface area contributed by atoms with Crippen LogP contribution in [-0.4, -0.2) is 43.3 Å². The molecular formula is C14H19ClN2O. The van der Waals surface area contributed by atoms with Gasteiger partial charge in [0.05, 0.1) is 22.9 Å². The van der Waals surface area contributed by atoms with Crippen LogP contribution in [0.15, 0.2) is 24.3 Å². The Kier molecular flexibility index (Phi) is 3.73. The van der Waals surface area contributed by atoms with Crippen LogP contribution in [0.25, 0.3) is 0 Å². The highest BCUT2D eigenvalue weighted by atomic mass is 35.5. The second kappa shape index (κ2) is 5.47. The van der Waals surface area contributed by atoms with Crippen LogP contribution in [0, 0.1) is 0 Å². The number of hydrogen-bond donors (Lipinski definition) is 1. The Labute approximate surface area is 113 Å². The molecule has 0 aliphatic carbocycles. The van der Waals surface area contributed by atoms with Crippen molar-refractivity contribution < 1.29 is 4.74 Å². The molecule has 2 aliphatic heterocycles. The Morgan fingerprint density at radius 1 is 1.22 bits per heavy atom. The number of nitrogens with one attached hydrogen (secondary N) is 1. The third-order valence-corrected chi connectivity index (χ3v) is 4.07. The molecular weight excluding hydrogens is 248 g/mol. The first kappa shape index (κ1) is 12.3. The van der Waals surface area contributed by atoms with E-state index in [0.717, 1.165) is 36.9 Å². The molecule has 1 N–H and O–H groups in total. The molecule has 98 valence electrons. The fraction of sp³-hybridized carbons (Fsp3) is 0.571. The third-order valence-electron chi connectivity index (χ3n) is 3.74. The van der Waals surface area contributed by atoms with Gasteiger partial charge in [-0.25, -0.2) is 0 Å². The van der Waals surface area contributed by atoms with Gasteiger partial charge in [-0.1, -0.05) is 23.7 Å². The predicted octanol–water partition coefficient (Wildman–Crippen LogP) is 2.62. The van der Waals surface area contributed by atoms with E-state index in [4.69, 9.17) is 16.3 Å². The topological polar surface area (TPSA) is 24.5 Å². The van der Waals surface area contributed by atoms with E-state index in [1.807, 2.05) is 24.3 Å². The summed E-state index contributed by atoms with van der Waals surface area (Å²) in [6.07, 6.45) is 3.42. The van der Waals surface area contributed by atoms with Gasteiger partial charge in [-0.05, 0) is 25.0 Å². The van der Waals surface area contributed by atoms with Crippen LogP contribution >= 0.6 is 11.6 Å². The highest BCUT2D eigenvalue weighted by molar-refractivity contribution is 6.33. The number of anilines is 1. The van der Waals surface area contributed by atoms with Gasteiger partial charge in [0.1, 0.15) is 0 Å². The summed E-state index contributed by atoms with van der Waals surface area (Å²) in [4.78, 5) is 2.50. The summed E-state index contributed by atoms with van der Waals surface area (Å²) >= 11 is 6.11. The van der Waals surface area contributed by atoms with Crippen LogP contribution < -0.4 is 5.32 Å². The summed E-state index contributed by atoms with van der Waals surface area (Å²) in [7, 11) is 0. The van der Waals surface area contributed by atoms with Gasteiger partial charge in [0.25, 0.3) is 0 Å². The Hall–Kier alpha value is -0.770. The minimum Gasteiger partial charge on any atom is -0.383 e. The summed E-state index contributed by atoms with van der Waals surface area (Å²) in [6.45, 7) is 4.16. The molecule has 2 saturated heterocycles. The first-order chi connectivity index (χ1) is 8.81. The number of rotatable bonds is 4. The van der Waals surface area contributed by atoms with Gasteiger partial charge in [-0.3, -0.25) is 4.90 Å². The van der Waals surface area contributed by atoms with Gasteiger partial charge in [0, 0.05) is 26.2 Å². The summed E-state index contributed by atoms with van der Waals surface area (Å²) in [5.74, 6) is 0. The molecule has 0 spiro atoms. The maximum Gasteiger partial charge on any atom is 0.0707 e. The van der Waals surface area contributed by atoms with Gasteiger partial charge >= 0.3 is 0 Å².